The molecule has 2 rings (SSSR count). The van der Waals surface area contributed by atoms with Crippen LogP contribution in [-0.2, 0) is 16.1 Å². The monoisotopic (exact) mass is 347 g/mol. The first-order valence-corrected chi connectivity index (χ1v) is 7.65. The molecule has 1 unspecified atom stereocenters. The second kappa shape index (κ2) is 7.96. The van der Waals surface area contributed by atoms with Gasteiger partial charge < -0.3 is 10.5 Å². The molecule has 0 fully saturated rings. The molecule has 2 aromatic carbocycles. The van der Waals surface area contributed by atoms with Crippen molar-refractivity contribution in [3.8, 4) is 0 Å². The van der Waals surface area contributed by atoms with Gasteiger partial charge in [-0.1, -0.05) is 58.4 Å². The maximum absolute atomic E-state index is 11.7. The molecule has 0 bridgehead atoms. The molecule has 1 atom stereocenters. The Labute approximate surface area is 133 Å². The van der Waals surface area contributed by atoms with E-state index < -0.39 is 0 Å². The van der Waals surface area contributed by atoms with Gasteiger partial charge in [0.25, 0.3) is 0 Å². The molecule has 0 heterocycles. The van der Waals surface area contributed by atoms with Gasteiger partial charge in [-0.25, -0.2) is 0 Å². The number of esters is 1. The van der Waals surface area contributed by atoms with Crippen LogP contribution in [0.5, 0.6) is 0 Å². The third-order valence-corrected chi connectivity index (χ3v) is 3.67. The third kappa shape index (κ3) is 5.33. The zero-order chi connectivity index (χ0) is 15.1. The fourth-order valence-electron chi connectivity index (χ4n) is 2.00. The predicted octanol–water partition coefficient (Wildman–Crippen LogP) is 3.97. The quantitative estimate of drug-likeness (QED) is 0.804. The van der Waals surface area contributed by atoms with E-state index in [1.807, 2.05) is 54.6 Å². The minimum atomic E-state index is -0.221. The van der Waals surface area contributed by atoms with Gasteiger partial charge in [0.05, 0.1) is 0 Å². The molecule has 0 aliphatic rings. The van der Waals surface area contributed by atoms with E-state index in [2.05, 4.69) is 15.9 Å². The van der Waals surface area contributed by atoms with Crippen LogP contribution in [0, 0.1) is 0 Å². The Balaban J connectivity index is 1.75. The maximum atomic E-state index is 11.7. The molecule has 0 aromatic heterocycles. The van der Waals surface area contributed by atoms with Gasteiger partial charge in [-0.05, 0) is 29.7 Å². The van der Waals surface area contributed by atoms with Crippen LogP contribution in [0.25, 0.3) is 0 Å². The van der Waals surface area contributed by atoms with Crippen LogP contribution in [0.1, 0.15) is 30.0 Å². The van der Waals surface area contributed by atoms with E-state index in [4.69, 9.17) is 10.5 Å². The Kier molecular flexibility index (Phi) is 5.96. The Bertz CT molecular complexity index is 586. The Morgan fingerprint density at radius 2 is 1.90 bits per heavy atom. The van der Waals surface area contributed by atoms with E-state index >= 15 is 0 Å². The van der Waals surface area contributed by atoms with Crippen LogP contribution in [0.2, 0.25) is 0 Å². The van der Waals surface area contributed by atoms with E-state index in [1.165, 1.54) is 0 Å². The highest BCUT2D eigenvalue weighted by Gasteiger charge is 2.10. The second-order valence-electron chi connectivity index (χ2n) is 4.85. The number of carbonyl (C=O) groups is 1. The highest BCUT2D eigenvalue weighted by molar-refractivity contribution is 9.10. The van der Waals surface area contributed by atoms with Gasteiger partial charge >= 0.3 is 5.97 Å². The molecule has 0 aliphatic heterocycles. The van der Waals surface area contributed by atoms with E-state index in [0.717, 1.165) is 15.6 Å². The average molecular weight is 348 g/mol. The number of rotatable bonds is 6. The highest BCUT2D eigenvalue weighted by Crippen LogP contribution is 2.16. The molecule has 21 heavy (non-hydrogen) atoms. The molecule has 2 aromatic rings. The summed E-state index contributed by atoms with van der Waals surface area (Å²) in [4.78, 5) is 11.7. The maximum Gasteiger partial charge on any atom is 0.306 e. The summed E-state index contributed by atoms with van der Waals surface area (Å²) in [6.45, 7) is 0.291. The molecular weight excluding hydrogens is 330 g/mol. The summed E-state index contributed by atoms with van der Waals surface area (Å²) in [7, 11) is 0. The highest BCUT2D eigenvalue weighted by atomic mass is 79.9. The number of nitrogens with two attached hydrogens (primary N) is 1. The molecule has 3 nitrogen and oxygen atoms in total. The molecule has 4 heteroatoms. The first kappa shape index (κ1) is 15.7. The second-order valence-corrected chi connectivity index (χ2v) is 5.76. The van der Waals surface area contributed by atoms with Gasteiger partial charge in [-0.2, -0.15) is 0 Å². The lowest BCUT2D eigenvalue weighted by Gasteiger charge is -2.11. The zero-order valence-electron chi connectivity index (χ0n) is 11.7. The Morgan fingerprint density at radius 1 is 1.14 bits per heavy atom. The van der Waals surface area contributed by atoms with Crippen LogP contribution in [0.15, 0.2) is 59.1 Å². The number of carbonyl (C=O) groups excluding carboxylic acids is 1. The first-order valence-electron chi connectivity index (χ1n) is 6.86. The number of hydrogen-bond acceptors (Lipinski definition) is 3. The van der Waals surface area contributed by atoms with Gasteiger partial charge in [-0.3, -0.25) is 4.79 Å². The zero-order valence-corrected chi connectivity index (χ0v) is 13.3. The van der Waals surface area contributed by atoms with Crippen molar-refractivity contribution in [1.29, 1.82) is 0 Å². The van der Waals surface area contributed by atoms with Gasteiger partial charge in [0.1, 0.15) is 6.61 Å². The van der Waals surface area contributed by atoms with Crippen molar-refractivity contribution in [3.63, 3.8) is 0 Å². The van der Waals surface area contributed by atoms with Crippen molar-refractivity contribution in [2.24, 2.45) is 5.73 Å². The summed E-state index contributed by atoms with van der Waals surface area (Å²) in [5.41, 5.74) is 8.06. The Morgan fingerprint density at radius 3 is 2.62 bits per heavy atom. The summed E-state index contributed by atoms with van der Waals surface area (Å²) >= 11 is 3.39. The van der Waals surface area contributed by atoms with Gasteiger partial charge in [0.15, 0.2) is 0 Å². The molecule has 0 saturated heterocycles. The lowest BCUT2D eigenvalue weighted by molar-refractivity contribution is -0.145. The molecule has 110 valence electrons. The van der Waals surface area contributed by atoms with E-state index in [0.29, 0.717) is 19.4 Å². The number of ether oxygens (including phenoxy) is 1. The normalized spacial score (nSPS) is 11.9. The lowest BCUT2D eigenvalue weighted by atomic mass is 10.0. The minimum Gasteiger partial charge on any atom is -0.461 e. The summed E-state index contributed by atoms with van der Waals surface area (Å²) in [5, 5.41) is 0. The van der Waals surface area contributed by atoms with Crippen molar-refractivity contribution in [2.45, 2.75) is 25.5 Å². The Hall–Kier alpha value is -1.65. The molecule has 0 spiro atoms. The molecule has 0 saturated carbocycles. The fourth-order valence-corrected chi connectivity index (χ4v) is 2.45. The minimum absolute atomic E-state index is 0.135. The molecule has 0 aliphatic carbocycles. The molecule has 0 amide bonds. The van der Waals surface area contributed by atoms with E-state index in [-0.39, 0.29) is 12.0 Å². The molecule has 2 N–H and O–H groups in total. The number of halogens is 1. The van der Waals surface area contributed by atoms with Crippen molar-refractivity contribution in [2.75, 3.05) is 0 Å². The molecular formula is C17H18BrNO2. The molecule has 0 radical (unpaired) electrons. The van der Waals surface area contributed by atoms with Crippen molar-refractivity contribution < 1.29 is 9.53 Å². The van der Waals surface area contributed by atoms with Crippen LogP contribution in [0.3, 0.4) is 0 Å². The third-order valence-electron chi connectivity index (χ3n) is 3.18. The average Bonchev–Trinajstić information content (AvgIpc) is 2.51. The summed E-state index contributed by atoms with van der Waals surface area (Å²) < 4.78 is 6.23. The smallest absolute Gasteiger partial charge is 0.306 e. The SMILES string of the molecule is NC(CCC(=O)OCc1cccc(Br)c1)c1ccccc1. The van der Waals surface area contributed by atoms with Gasteiger partial charge in [0.2, 0.25) is 0 Å². The largest absolute Gasteiger partial charge is 0.461 e. The van der Waals surface area contributed by atoms with E-state index in [9.17, 15) is 4.79 Å². The van der Waals surface area contributed by atoms with Crippen molar-refractivity contribution in [3.05, 3.63) is 70.2 Å². The predicted molar refractivity (Wildman–Crippen MR) is 86.5 cm³/mol. The first-order chi connectivity index (χ1) is 10.1. The summed E-state index contributed by atoms with van der Waals surface area (Å²) in [6.07, 6.45) is 0.908. The van der Waals surface area contributed by atoms with Crippen molar-refractivity contribution >= 4 is 21.9 Å². The van der Waals surface area contributed by atoms with Crippen LogP contribution >= 0.6 is 15.9 Å². The lowest BCUT2D eigenvalue weighted by Crippen LogP contribution is -2.13. The van der Waals surface area contributed by atoms with Crippen LogP contribution in [0.4, 0.5) is 0 Å². The topological polar surface area (TPSA) is 52.3 Å². The number of hydrogen-bond donors (Lipinski definition) is 1. The summed E-state index contributed by atoms with van der Waals surface area (Å²) in [6, 6.07) is 17.4. The van der Waals surface area contributed by atoms with Gasteiger partial charge in [0, 0.05) is 16.9 Å². The van der Waals surface area contributed by atoms with Crippen LogP contribution in [-0.4, -0.2) is 5.97 Å². The van der Waals surface area contributed by atoms with Crippen molar-refractivity contribution in [1.82, 2.24) is 0 Å². The number of benzene rings is 2. The van der Waals surface area contributed by atoms with Gasteiger partial charge in [-0.15, -0.1) is 0 Å². The van der Waals surface area contributed by atoms with Crippen LogP contribution < -0.4 is 5.73 Å². The fraction of sp³-hybridized carbons (Fsp3) is 0.235. The standard InChI is InChI=1S/C17H18BrNO2/c18-15-8-4-5-13(11-15)12-21-17(20)10-9-16(19)14-6-2-1-3-7-14/h1-8,11,16H,9-10,12,19H2. The summed E-state index contributed by atoms with van der Waals surface area (Å²) in [5.74, 6) is -0.221. The van der Waals surface area contributed by atoms with E-state index in [1.54, 1.807) is 0 Å².